The summed E-state index contributed by atoms with van der Waals surface area (Å²) < 4.78 is 0. The number of hydrogen-bond acceptors (Lipinski definition) is 3. The first-order chi connectivity index (χ1) is 7.51. The van der Waals surface area contributed by atoms with Crippen LogP contribution in [0.25, 0.3) is 0 Å². The number of likely N-dealkylation sites (N-methyl/N-ethyl adjacent to an activating group) is 1. The van der Waals surface area contributed by atoms with Gasteiger partial charge in [0, 0.05) is 31.6 Å². The summed E-state index contributed by atoms with van der Waals surface area (Å²) >= 11 is 0. The average Bonchev–Trinajstić information content (AvgIpc) is 2.31. The Morgan fingerprint density at radius 2 is 1.62 bits per heavy atom. The van der Waals surface area contributed by atoms with Crippen LogP contribution >= 0.6 is 0 Å². The summed E-state index contributed by atoms with van der Waals surface area (Å²) in [6.07, 6.45) is 1.91. The van der Waals surface area contributed by atoms with Crippen molar-refractivity contribution in [2.24, 2.45) is 5.41 Å². The quantitative estimate of drug-likeness (QED) is 0.712. The summed E-state index contributed by atoms with van der Waals surface area (Å²) in [5.74, 6) is 0.419. The van der Waals surface area contributed by atoms with Crippen molar-refractivity contribution < 1.29 is 4.79 Å². The molecule has 0 radical (unpaired) electrons. The van der Waals surface area contributed by atoms with Crippen molar-refractivity contribution in [3.63, 3.8) is 0 Å². The fourth-order valence-corrected chi connectivity index (χ4v) is 2.04. The number of ketones is 1. The summed E-state index contributed by atoms with van der Waals surface area (Å²) in [4.78, 5) is 16.8. The third kappa shape index (κ3) is 3.29. The lowest BCUT2D eigenvalue weighted by Gasteiger charge is -2.34. The molecule has 0 atom stereocenters. The highest BCUT2D eigenvalue weighted by Crippen LogP contribution is 2.26. The highest BCUT2D eigenvalue weighted by atomic mass is 16.1. The van der Waals surface area contributed by atoms with Crippen molar-refractivity contribution >= 4 is 5.78 Å². The third-order valence-electron chi connectivity index (χ3n) is 4.20. The Bertz CT molecular complexity index is 228. The van der Waals surface area contributed by atoms with E-state index < -0.39 is 0 Å². The molecule has 0 aliphatic carbocycles. The minimum atomic E-state index is -0.108. The molecule has 0 amide bonds. The summed E-state index contributed by atoms with van der Waals surface area (Å²) in [5.41, 5.74) is -0.108. The molecule has 0 unspecified atom stereocenters. The molecule has 1 aliphatic heterocycles. The second kappa shape index (κ2) is 5.78. The highest BCUT2D eigenvalue weighted by molar-refractivity contribution is 5.86. The molecule has 1 heterocycles. The maximum absolute atomic E-state index is 12.2. The van der Waals surface area contributed by atoms with E-state index in [9.17, 15) is 4.79 Å². The lowest BCUT2D eigenvalue weighted by atomic mass is 9.80. The Kier molecular flexibility index (Phi) is 4.93. The van der Waals surface area contributed by atoms with E-state index in [4.69, 9.17) is 0 Å². The highest BCUT2D eigenvalue weighted by Gasteiger charge is 2.30. The Labute approximate surface area is 99.8 Å². The average molecular weight is 226 g/mol. The van der Waals surface area contributed by atoms with Gasteiger partial charge < -0.3 is 4.90 Å². The van der Waals surface area contributed by atoms with Gasteiger partial charge >= 0.3 is 0 Å². The maximum Gasteiger partial charge on any atom is 0.152 e. The van der Waals surface area contributed by atoms with Gasteiger partial charge in [-0.3, -0.25) is 9.69 Å². The van der Waals surface area contributed by atoms with E-state index in [1.165, 1.54) is 0 Å². The Balaban J connectivity index is 2.45. The second-order valence-corrected chi connectivity index (χ2v) is 5.27. The Hall–Kier alpha value is -0.410. The van der Waals surface area contributed by atoms with Crippen LogP contribution in [0.3, 0.4) is 0 Å². The summed E-state index contributed by atoms with van der Waals surface area (Å²) in [7, 11) is 2.14. The maximum atomic E-state index is 12.2. The number of nitrogens with zero attached hydrogens (tertiary/aromatic N) is 2. The summed E-state index contributed by atoms with van der Waals surface area (Å²) in [6.45, 7) is 11.2. The third-order valence-corrected chi connectivity index (χ3v) is 4.20. The first kappa shape index (κ1) is 13.7. The monoisotopic (exact) mass is 226 g/mol. The van der Waals surface area contributed by atoms with E-state index in [0.29, 0.717) is 12.3 Å². The van der Waals surface area contributed by atoms with Gasteiger partial charge in [0.2, 0.25) is 0 Å². The van der Waals surface area contributed by atoms with Gasteiger partial charge in [0.15, 0.2) is 5.78 Å². The molecule has 1 aliphatic rings. The molecule has 0 spiro atoms. The standard InChI is InChI=1S/C13H26N2O/c1-5-13(3,6-2)12(16)11-15-9-7-14(4)8-10-15/h5-11H2,1-4H3. The van der Waals surface area contributed by atoms with Gasteiger partial charge in [0.05, 0.1) is 6.54 Å². The number of carbonyl (C=O) groups is 1. The van der Waals surface area contributed by atoms with E-state index >= 15 is 0 Å². The first-order valence-electron chi connectivity index (χ1n) is 6.46. The van der Waals surface area contributed by atoms with E-state index in [1.807, 2.05) is 0 Å². The van der Waals surface area contributed by atoms with Gasteiger partial charge in [-0.1, -0.05) is 20.8 Å². The molecule has 3 nitrogen and oxygen atoms in total. The van der Waals surface area contributed by atoms with Crippen molar-refractivity contribution in [2.45, 2.75) is 33.6 Å². The minimum absolute atomic E-state index is 0.108. The molecule has 0 saturated carbocycles. The van der Waals surface area contributed by atoms with Crippen LogP contribution in [0, 0.1) is 5.41 Å². The zero-order valence-corrected chi connectivity index (χ0v) is 11.3. The van der Waals surface area contributed by atoms with Crippen LogP contribution in [0.15, 0.2) is 0 Å². The van der Waals surface area contributed by atoms with Crippen LogP contribution in [0.2, 0.25) is 0 Å². The predicted octanol–water partition coefficient (Wildman–Crippen LogP) is 1.63. The lowest BCUT2D eigenvalue weighted by molar-refractivity contribution is -0.129. The van der Waals surface area contributed by atoms with Gasteiger partial charge in [0.25, 0.3) is 0 Å². The fourth-order valence-electron chi connectivity index (χ4n) is 2.04. The van der Waals surface area contributed by atoms with E-state index in [2.05, 4.69) is 37.6 Å². The molecule has 94 valence electrons. The Morgan fingerprint density at radius 1 is 1.12 bits per heavy atom. The number of rotatable bonds is 5. The van der Waals surface area contributed by atoms with E-state index in [-0.39, 0.29) is 5.41 Å². The van der Waals surface area contributed by atoms with Crippen LogP contribution in [0.5, 0.6) is 0 Å². The number of piperazine rings is 1. The van der Waals surface area contributed by atoms with E-state index in [1.54, 1.807) is 0 Å². The number of Topliss-reactive ketones (excluding diaryl/α,β-unsaturated/α-hetero) is 1. The molecule has 0 bridgehead atoms. The zero-order valence-electron chi connectivity index (χ0n) is 11.3. The van der Waals surface area contributed by atoms with Gasteiger partial charge in [-0.15, -0.1) is 0 Å². The smallest absolute Gasteiger partial charge is 0.152 e. The largest absolute Gasteiger partial charge is 0.304 e. The van der Waals surface area contributed by atoms with Crippen LogP contribution < -0.4 is 0 Å². The molecule has 0 aromatic carbocycles. The van der Waals surface area contributed by atoms with Crippen molar-refractivity contribution in [1.82, 2.24) is 9.80 Å². The lowest BCUT2D eigenvalue weighted by Crippen LogP contribution is -2.48. The molecule has 0 N–H and O–H groups in total. The molecule has 1 fully saturated rings. The molecule has 1 saturated heterocycles. The predicted molar refractivity (Wildman–Crippen MR) is 67.6 cm³/mol. The molecular formula is C13H26N2O. The molecule has 3 heteroatoms. The molecule has 16 heavy (non-hydrogen) atoms. The zero-order chi connectivity index (χ0) is 12.2. The summed E-state index contributed by atoms with van der Waals surface area (Å²) in [5, 5.41) is 0. The minimum Gasteiger partial charge on any atom is -0.304 e. The number of carbonyl (C=O) groups excluding carboxylic acids is 1. The topological polar surface area (TPSA) is 23.6 Å². The van der Waals surface area contributed by atoms with Crippen LogP contribution in [-0.2, 0) is 4.79 Å². The van der Waals surface area contributed by atoms with E-state index in [0.717, 1.165) is 39.0 Å². The van der Waals surface area contributed by atoms with Crippen molar-refractivity contribution in [1.29, 1.82) is 0 Å². The van der Waals surface area contributed by atoms with Crippen molar-refractivity contribution in [2.75, 3.05) is 39.8 Å². The first-order valence-corrected chi connectivity index (χ1v) is 6.46. The Morgan fingerprint density at radius 3 is 2.06 bits per heavy atom. The molecule has 0 aromatic heterocycles. The van der Waals surface area contributed by atoms with Gasteiger partial charge in [-0.2, -0.15) is 0 Å². The SMILES string of the molecule is CCC(C)(CC)C(=O)CN1CCN(C)CC1. The second-order valence-electron chi connectivity index (χ2n) is 5.27. The van der Waals surface area contributed by atoms with Crippen molar-refractivity contribution in [3.05, 3.63) is 0 Å². The molecule has 0 aromatic rings. The normalized spacial score (nSPS) is 20.0. The van der Waals surface area contributed by atoms with Crippen LogP contribution in [-0.4, -0.2) is 55.4 Å². The van der Waals surface area contributed by atoms with Crippen LogP contribution in [0.1, 0.15) is 33.6 Å². The molecular weight excluding hydrogens is 200 g/mol. The van der Waals surface area contributed by atoms with Crippen LogP contribution in [0.4, 0.5) is 0 Å². The fraction of sp³-hybridized carbons (Fsp3) is 0.923. The van der Waals surface area contributed by atoms with Crippen molar-refractivity contribution in [3.8, 4) is 0 Å². The molecule has 1 rings (SSSR count). The van der Waals surface area contributed by atoms with Gasteiger partial charge in [0.1, 0.15) is 0 Å². The summed E-state index contributed by atoms with van der Waals surface area (Å²) in [6, 6.07) is 0. The number of hydrogen-bond donors (Lipinski definition) is 0. The van der Waals surface area contributed by atoms with Gasteiger partial charge in [-0.05, 0) is 19.9 Å². The van der Waals surface area contributed by atoms with Gasteiger partial charge in [-0.25, -0.2) is 0 Å².